The Balaban J connectivity index is 2.34. The molecule has 2 aromatic carbocycles. The molecule has 0 spiro atoms. The lowest BCUT2D eigenvalue weighted by Gasteiger charge is -2.07. The van der Waals surface area contributed by atoms with E-state index in [0.717, 1.165) is 5.39 Å². The topological polar surface area (TPSA) is 26.3 Å². The van der Waals surface area contributed by atoms with Crippen LogP contribution in [0.15, 0.2) is 36.4 Å². The van der Waals surface area contributed by atoms with Gasteiger partial charge >= 0.3 is 6.18 Å². The van der Waals surface area contributed by atoms with E-state index in [1.165, 1.54) is 19.2 Å². The summed E-state index contributed by atoms with van der Waals surface area (Å²) in [6, 6.07) is 9.63. The first-order chi connectivity index (χ1) is 8.89. The number of hydrogen-bond acceptors (Lipinski definition) is 2. The number of rotatable bonds is 3. The molecular weight excluding hydrogens is 259 g/mol. The minimum Gasteiger partial charge on any atom is -0.497 e. The summed E-state index contributed by atoms with van der Waals surface area (Å²) in [6.07, 6.45) is -5.92. The second-order valence-corrected chi connectivity index (χ2v) is 4.14. The standard InChI is InChI=1S/C14H11F3O2/c1-19-12-5-4-9-6-11(3-2-10(9)7-12)13(18)8-14(15,16)17/h2-7H,8H2,1H3/i18+2. The lowest BCUT2D eigenvalue weighted by Crippen LogP contribution is -2.14. The van der Waals surface area contributed by atoms with Gasteiger partial charge in [-0.25, -0.2) is 0 Å². The van der Waals surface area contributed by atoms with E-state index in [4.69, 9.17) is 4.74 Å². The average molecular weight is 270 g/mol. The summed E-state index contributed by atoms with van der Waals surface area (Å²) in [5, 5.41) is 1.51. The van der Waals surface area contributed by atoms with Gasteiger partial charge in [-0.15, -0.1) is 0 Å². The second kappa shape index (κ2) is 4.91. The molecule has 0 aromatic heterocycles. The van der Waals surface area contributed by atoms with Crippen LogP contribution in [-0.2, 0) is 0 Å². The number of hydrogen-bond donors (Lipinski definition) is 0. The number of halogens is 3. The third-order valence-corrected chi connectivity index (χ3v) is 2.73. The van der Waals surface area contributed by atoms with Crippen LogP contribution in [0.2, 0.25) is 0 Å². The molecule has 2 nitrogen and oxygen atoms in total. The summed E-state index contributed by atoms with van der Waals surface area (Å²) in [4.78, 5) is 11.5. The fourth-order valence-electron chi connectivity index (χ4n) is 1.81. The van der Waals surface area contributed by atoms with E-state index in [1.807, 2.05) is 0 Å². The van der Waals surface area contributed by atoms with Gasteiger partial charge in [0.2, 0.25) is 0 Å². The van der Waals surface area contributed by atoms with E-state index in [-0.39, 0.29) is 5.56 Å². The number of methoxy groups -OCH3 is 1. The van der Waals surface area contributed by atoms with Crippen molar-refractivity contribution in [2.24, 2.45) is 0 Å². The lowest BCUT2D eigenvalue weighted by atomic mass is 10.0. The zero-order chi connectivity index (χ0) is 14.0. The highest BCUT2D eigenvalue weighted by molar-refractivity contribution is 6.00. The van der Waals surface area contributed by atoms with Crippen LogP contribution in [0.4, 0.5) is 13.2 Å². The Hall–Kier alpha value is -2.04. The molecule has 0 atom stereocenters. The highest BCUT2D eigenvalue weighted by atomic mass is 19.4. The number of ether oxygens (including phenoxy) is 1. The Morgan fingerprint density at radius 3 is 2.37 bits per heavy atom. The van der Waals surface area contributed by atoms with Crippen molar-refractivity contribution < 1.29 is 22.7 Å². The Morgan fingerprint density at radius 2 is 1.74 bits per heavy atom. The predicted molar refractivity (Wildman–Crippen MR) is 65.5 cm³/mol. The smallest absolute Gasteiger partial charge is 0.396 e. The van der Waals surface area contributed by atoms with Gasteiger partial charge in [0.25, 0.3) is 0 Å². The van der Waals surface area contributed by atoms with Gasteiger partial charge in [-0.1, -0.05) is 18.2 Å². The van der Waals surface area contributed by atoms with E-state index in [9.17, 15) is 18.0 Å². The molecular formula is C14H11F3O2. The molecule has 5 heteroatoms. The average Bonchev–Trinajstić information content (AvgIpc) is 2.35. The van der Waals surface area contributed by atoms with E-state index in [1.54, 1.807) is 24.3 Å². The first-order valence-corrected chi connectivity index (χ1v) is 5.57. The van der Waals surface area contributed by atoms with Crippen LogP contribution in [-0.4, -0.2) is 19.1 Å². The fraction of sp³-hybridized carbons (Fsp3) is 0.214. The molecule has 0 aliphatic carbocycles. The molecule has 100 valence electrons. The van der Waals surface area contributed by atoms with Gasteiger partial charge in [0.1, 0.15) is 12.2 Å². The van der Waals surface area contributed by atoms with Gasteiger partial charge in [0.05, 0.1) is 7.11 Å². The van der Waals surface area contributed by atoms with Crippen LogP contribution in [0.3, 0.4) is 0 Å². The summed E-state index contributed by atoms with van der Waals surface area (Å²) < 4.78 is 41.6. The molecule has 0 radical (unpaired) electrons. The molecule has 0 amide bonds. The van der Waals surface area contributed by atoms with E-state index >= 15 is 0 Å². The van der Waals surface area contributed by atoms with Crippen LogP contribution in [0, 0.1) is 0 Å². The first-order valence-electron chi connectivity index (χ1n) is 5.57. The van der Waals surface area contributed by atoms with Gasteiger partial charge in [0, 0.05) is 5.56 Å². The van der Waals surface area contributed by atoms with Crippen molar-refractivity contribution in [3.05, 3.63) is 42.0 Å². The van der Waals surface area contributed by atoms with Gasteiger partial charge in [-0.05, 0) is 29.0 Å². The first kappa shape index (κ1) is 13.4. The number of ketones is 1. The van der Waals surface area contributed by atoms with Crippen molar-refractivity contribution in [2.45, 2.75) is 12.6 Å². The zero-order valence-corrected chi connectivity index (χ0v) is 10.1. The van der Waals surface area contributed by atoms with Crippen molar-refractivity contribution in [1.82, 2.24) is 0 Å². The van der Waals surface area contributed by atoms with Gasteiger partial charge < -0.3 is 4.74 Å². The van der Waals surface area contributed by atoms with Crippen molar-refractivity contribution in [3.63, 3.8) is 0 Å². The molecule has 0 fully saturated rings. The Morgan fingerprint density at radius 1 is 1.11 bits per heavy atom. The maximum atomic E-state index is 12.2. The second-order valence-electron chi connectivity index (χ2n) is 4.14. The number of carbonyl (C=O) groups excluding carboxylic acids is 1. The van der Waals surface area contributed by atoms with Crippen molar-refractivity contribution in [2.75, 3.05) is 7.11 Å². The van der Waals surface area contributed by atoms with Gasteiger partial charge in [-0.2, -0.15) is 13.2 Å². The highest BCUT2D eigenvalue weighted by Gasteiger charge is 2.31. The third kappa shape index (κ3) is 3.24. The minimum absolute atomic E-state index is 0.0648. The highest BCUT2D eigenvalue weighted by Crippen LogP contribution is 2.25. The maximum absolute atomic E-state index is 12.2. The van der Waals surface area contributed by atoms with Crippen molar-refractivity contribution >= 4 is 16.6 Å². The zero-order valence-electron chi connectivity index (χ0n) is 10.1. The SMILES string of the molecule is COc1ccc2cc(C(=[18O])CC(F)(F)F)ccc2c1. The number of Topliss-reactive ketones (excluding diaryl/α,β-unsaturated/α-hetero) is 1. The van der Waals surface area contributed by atoms with Crippen molar-refractivity contribution in [3.8, 4) is 5.75 Å². The molecule has 0 unspecified atom stereocenters. The number of fused-ring (bicyclic) bond motifs is 1. The molecule has 0 aliphatic heterocycles. The largest absolute Gasteiger partial charge is 0.497 e. The van der Waals surface area contributed by atoms with Crippen molar-refractivity contribution in [1.29, 1.82) is 0 Å². The molecule has 19 heavy (non-hydrogen) atoms. The molecule has 0 heterocycles. The van der Waals surface area contributed by atoms with Crippen LogP contribution < -0.4 is 4.74 Å². The molecule has 0 saturated heterocycles. The molecule has 0 N–H and O–H groups in total. The van der Waals surface area contributed by atoms with E-state index in [0.29, 0.717) is 11.1 Å². The summed E-state index contributed by atoms with van der Waals surface area (Å²) >= 11 is 0. The van der Waals surface area contributed by atoms with Gasteiger partial charge in [0.15, 0.2) is 5.78 Å². The summed E-state index contributed by atoms with van der Waals surface area (Å²) in [7, 11) is 1.53. The molecule has 0 saturated carbocycles. The number of carbonyl (C=O) groups is 1. The number of benzene rings is 2. The monoisotopic (exact) mass is 270 g/mol. The predicted octanol–water partition coefficient (Wildman–Crippen LogP) is 3.98. The van der Waals surface area contributed by atoms with Crippen LogP contribution in [0.1, 0.15) is 16.8 Å². The van der Waals surface area contributed by atoms with E-state index in [2.05, 4.69) is 0 Å². The molecule has 0 bridgehead atoms. The Bertz CT molecular complexity index is 618. The summed E-state index contributed by atoms with van der Waals surface area (Å²) in [5.74, 6) is -0.271. The lowest BCUT2D eigenvalue weighted by molar-refractivity contribution is -0.125. The van der Waals surface area contributed by atoms with Crippen LogP contribution >= 0.6 is 0 Å². The summed E-state index contributed by atoms with van der Waals surface area (Å²) in [5.41, 5.74) is 0.0648. The molecule has 2 rings (SSSR count). The Labute approximate surface area is 107 Å². The maximum Gasteiger partial charge on any atom is 0.396 e. The number of alkyl halides is 3. The third-order valence-electron chi connectivity index (χ3n) is 2.73. The molecule has 2 aromatic rings. The normalized spacial score (nSPS) is 11.6. The minimum atomic E-state index is -4.48. The quantitative estimate of drug-likeness (QED) is 0.622. The van der Waals surface area contributed by atoms with E-state index < -0.39 is 18.4 Å². The summed E-state index contributed by atoms with van der Waals surface area (Å²) in [6.45, 7) is 0. The fourth-order valence-corrected chi connectivity index (χ4v) is 1.81. The van der Waals surface area contributed by atoms with Gasteiger partial charge in [-0.3, -0.25) is 4.79 Å². The Kier molecular flexibility index (Phi) is 3.46. The molecule has 0 aliphatic rings. The van der Waals surface area contributed by atoms with Crippen LogP contribution in [0.5, 0.6) is 5.75 Å². The van der Waals surface area contributed by atoms with Crippen LogP contribution in [0.25, 0.3) is 10.8 Å².